The topological polar surface area (TPSA) is 61.0 Å². The number of nitrogens with zero attached hydrogens (tertiary/aromatic N) is 1. The number of fused-ring (bicyclic) bond motifs is 2. The number of hydrogen-bond donors (Lipinski definition) is 2. The summed E-state index contributed by atoms with van der Waals surface area (Å²) in [6.07, 6.45) is 5.67. The maximum atomic E-state index is 12.5. The molecule has 1 amide bonds. The van der Waals surface area contributed by atoms with Crippen LogP contribution in [0.25, 0.3) is 27.4 Å². The van der Waals surface area contributed by atoms with Crippen LogP contribution in [0.3, 0.4) is 0 Å². The number of carbonyl (C=O) groups is 1. The van der Waals surface area contributed by atoms with Crippen molar-refractivity contribution in [1.82, 2.24) is 9.97 Å². The Morgan fingerprint density at radius 1 is 0.750 bits per heavy atom. The molecule has 2 aromatic carbocycles. The van der Waals surface area contributed by atoms with Crippen LogP contribution >= 0.6 is 0 Å². The van der Waals surface area contributed by atoms with Gasteiger partial charge in [-0.1, -0.05) is 36.4 Å². The summed E-state index contributed by atoms with van der Waals surface area (Å²) in [5.41, 5.74) is 5.24. The van der Waals surface area contributed by atoms with E-state index >= 15 is 0 Å². The summed E-state index contributed by atoms with van der Waals surface area (Å²) in [6, 6.07) is 16.0. The smallest absolute Gasteiger partial charge is 0.278 e. The lowest BCUT2D eigenvalue weighted by molar-refractivity contribution is -0.112. The predicted molar refractivity (Wildman–Crippen MR) is 96.1 cm³/mol. The number of allylic oxidation sites excluding steroid dienone is 1. The number of benzene rings is 2. The van der Waals surface area contributed by atoms with Crippen molar-refractivity contribution in [2.24, 2.45) is 4.99 Å². The molecule has 1 aliphatic rings. The number of H-pyrrole nitrogens is 2. The van der Waals surface area contributed by atoms with E-state index in [-0.39, 0.29) is 5.91 Å². The molecule has 0 bridgehead atoms. The van der Waals surface area contributed by atoms with Crippen molar-refractivity contribution in [1.29, 1.82) is 0 Å². The molecule has 0 saturated carbocycles. The fourth-order valence-corrected chi connectivity index (χ4v) is 3.31. The number of aliphatic imine (C=N–C) groups is 1. The van der Waals surface area contributed by atoms with Gasteiger partial charge >= 0.3 is 0 Å². The summed E-state index contributed by atoms with van der Waals surface area (Å²) in [6.45, 7) is 0. The Hall–Kier alpha value is -3.40. The quantitative estimate of drug-likeness (QED) is 0.539. The van der Waals surface area contributed by atoms with Crippen LogP contribution in [0, 0.1) is 0 Å². The maximum absolute atomic E-state index is 12.5. The van der Waals surface area contributed by atoms with Crippen LogP contribution in [0.15, 0.2) is 72.0 Å². The standard InChI is InChI=1S/C20H13N3O/c24-20-14(15-10-21-17-7-3-1-5-12(15)17)9-19(23-20)16-11-22-18-8-4-2-6-13(16)18/h1-11,21-22H/i9+1,14+1,19+0,20+0. The van der Waals surface area contributed by atoms with Crippen molar-refractivity contribution >= 4 is 39.0 Å². The highest BCUT2D eigenvalue weighted by atomic mass is 16.2. The van der Waals surface area contributed by atoms with E-state index in [4.69, 9.17) is 0 Å². The summed E-state index contributed by atoms with van der Waals surface area (Å²) in [5, 5.41) is 2.10. The van der Waals surface area contributed by atoms with Crippen LogP contribution < -0.4 is 0 Å². The summed E-state index contributed by atoms with van der Waals surface area (Å²) < 4.78 is 0. The van der Waals surface area contributed by atoms with Crippen LogP contribution in [0.5, 0.6) is 0 Å². The number of para-hydroxylation sites is 2. The lowest BCUT2D eigenvalue weighted by atomic mass is 10.1. The molecular weight excluding hydrogens is 300 g/mol. The number of aromatic nitrogens is 2. The fourth-order valence-electron chi connectivity index (χ4n) is 3.31. The Labute approximate surface area is 137 Å². The molecule has 4 nitrogen and oxygen atoms in total. The van der Waals surface area contributed by atoms with Gasteiger partial charge in [-0.2, -0.15) is 0 Å². The Balaban J connectivity index is 1.65. The summed E-state index contributed by atoms with van der Waals surface area (Å²) in [4.78, 5) is 23.2. The average Bonchev–Trinajstić information content (AvgIpc) is 3.30. The second-order valence-electron chi connectivity index (χ2n) is 5.86. The van der Waals surface area contributed by atoms with Crippen molar-refractivity contribution in [3.05, 3.63) is 78.1 Å². The first-order chi connectivity index (χ1) is 11.8. The van der Waals surface area contributed by atoms with Crippen molar-refractivity contribution in [2.75, 3.05) is 0 Å². The molecule has 1 aliphatic heterocycles. The summed E-state index contributed by atoms with van der Waals surface area (Å²) in [7, 11) is 0. The van der Waals surface area contributed by atoms with Crippen LogP contribution in [0.1, 0.15) is 11.1 Å². The molecule has 0 unspecified atom stereocenters. The van der Waals surface area contributed by atoms with Gasteiger partial charge in [-0.25, -0.2) is 4.99 Å². The highest BCUT2D eigenvalue weighted by Crippen LogP contribution is 2.30. The van der Waals surface area contributed by atoms with Gasteiger partial charge in [0.25, 0.3) is 5.91 Å². The Bertz CT molecular complexity index is 1100. The summed E-state index contributed by atoms with van der Waals surface area (Å²) >= 11 is 0. The number of amides is 1. The van der Waals surface area contributed by atoms with Gasteiger partial charge in [-0.05, 0) is 18.2 Å². The lowest BCUT2D eigenvalue weighted by Crippen LogP contribution is -1.93. The Kier molecular flexibility index (Phi) is 2.61. The SMILES string of the molecule is O=[12C]1N=[12C](c2c[nH]c3ccccc23)[13CH]=[13C]1c1c[nH]c2ccccc12. The second kappa shape index (κ2) is 4.80. The monoisotopic (exact) mass is 313 g/mol. The van der Waals surface area contributed by atoms with E-state index in [1.165, 1.54) is 0 Å². The van der Waals surface area contributed by atoms with Crippen LogP contribution in [0.2, 0.25) is 0 Å². The van der Waals surface area contributed by atoms with Crippen LogP contribution in [-0.4, -0.2) is 21.6 Å². The average molecular weight is 313 g/mol. The molecule has 3 heterocycles. The largest absolute Gasteiger partial charge is 0.361 e. The number of nitrogens with one attached hydrogen (secondary N) is 2. The number of aromatic amines is 2. The van der Waals surface area contributed by atoms with Gasteiger partial charge in [0.15, 0.2) is 0 Å². The molecule has 0 saturated heterocycles. The third-order valence-electron chi connectivity index (χ3n) is 4.48. The highest BCUT2D eigenvalue weighted by molar-refractivity contribution is 6.38. The van der Waals surface area contributed by atoms with Crippen molar-refractivity contribution in [2.45, 2.75) is 0 Å². The number of rotatable bonds is 2. The second-order valence-corrected chi connectivity index (χ2v) is 5.86. The molecule has 0 aliphatic carbocycles. The molecule has 2 aromatic heterocycles. The van der Waals surface area contributed by atoms with E-state index in [1.807, 2.05) is 67.0 Å². The van der Waals surface area contributed by atoms with Crippen molar-refractivity contribution in [3.63, 3.8) is 0 Å². The Morgan fingerprint density at radius 3 is 2.04 bits per heavy atom. The molecule has 0 spiro atoms. The number of carbonyl (C=O) groups excluding carboxylic acids is 1. The first-order valence-corrected chi connectivity index (χ1v) is 7.79. The molecule has 2 N–H and O–H groups in total. The molecule has 0 atom stereocenters. The molecule has 4 aromatic rings. The molecule has 0 fully saturated rings. The van der Waals surface area contributed by atoms with Gasteiger partial charge in [0.05, 0.1) is 11.3 Å². The normalized spacial score (nSPS) is 14.4. The third-order valence-corrected chi connectivity index (χ3v) is 4.48. The van der Waals surface area contributed by atoms with Gasteiger partial charge in [0.2, 0.25) is 0 Å². The molecule has 24 heavy (non-hydrogen) atoms. The lowest BCUT2D eigenvalue weighted by Gasteiger charge is -1.97. The predicted octanol–water partition coefficient (Wildman–Crippen LogP) is 4.06. The minimum Gasteiger partial charge on any atom is -0.361 e. The summed E-state index contributed by atoms with van der Waals surface area (Å²) in [5.74, 6) is -0.194. The van der Waals surface area contributed by atoms with Gasteiger partial charge in [-0.3, -0.25) is 4.79 Å². The molecule has 4 heteroatoms. The van der Waals surface area contributed by atoms with E-state index in [0.717, 1.165) is 32.9 Å². The van der Waals surface area contributed by atoms with Crippen LogP contribution in [0.4, 0.5) is 0 Å². The first-order valence-electron chi connectivity index (χ1n) is 7.79. The van der Waals surface area contributed by atoms with E-state index in [1.54, 1.807) is 0 Å². The van der Waals surface area contributed by atoms with Gasteiger partial charge in [-0.15, -0.1) is 0 Å². The zero-order valence-corrected chi connectivity index (χ0v) is 12.7. The van der Waals surface area contributed by atoms with Gasteiger partial charge in [0, 0.05) is 45.3 Å². The zero-order valence-electron chi connectivity index (χ0n) is 12.7. The van der Waals surface area contributed by atoms with E-state index in [9.17, 15) is 4.79 Å². The maximum Gasteiger partial charge on any atom is 0.278 e. The van der Waals surface area contributed by atoms with Gasteiger partial charge < -0.3 is 9.97 Å². The molecular formula is C20H13N3O. The minimum atomic E-state index is -0.194. The third kappa shape index (κ3) is 1.80. The minimum absolute atomic E-state index is 0.194. The van der Waals surface area contributed by atoms with E-state index < -0.39 is 0 Å². The number of hydrogen-bond acceptors (Lipinski definition) is 1. The molecule has 5 rings (SSSR count). The van der Waals surface area contributed by atoms with Crippen molar-refractivity contribution < 1.29 is 4.79 Å². The first kappa shape index (κ1) is 13.1. The van der Waals surface area contributed by atoms with Crippen molar-refractivity contribution in [3.8, 4) is 0 Å². The van der Waals surface area contributed by atoms with Gasteiger partial charge in [0.1, 0.15) is 0 Å². The highest BCUT2D eigenvalue weighted by Gasteiger charge is 2.23. The van der Waals surface area contributed by atoms with E-state index in [2.05, 4.69) is 15.0 Å². The fraction of sp³-hybridized carbons (Fsp3) is 0. The zero-order chi connectivity index (χ0) is 16.1. The molecule has 114 valence electrons. The molecule has 0 radical (unpaired) electrons. The Morgan fingerprint density at radius 2 is 1.33 bits per heavy atom. The van der Waals surface area contributed by atoms with E-state index in [0.29, 0.717) is 11.3 Å². The van der Waals surface area contributed by atoms with Crippen LogP contribution in [-0.2, 0) is 4.79 Å².